The zero-order chi connectivity index (χ0) is 16.2. The number of hydrogen-bond acceptors (Lipinski definition) is 2. The van der Waals surface area contributed by atoms with E-state index in [0.29, 0.717) is 6.54 Å². The third kappa shape index (κ3) is 3.28. The first-order valence-corrected chi connectivity index (χ1v) is 7.86. The van der Waals surface area contributed by atoms with Gasteiger partial charge >= 0.3 is 0 Å². The number of nitrogens with zero attached hydrogens (tertiary/aromatic N) is 2. The lowest BCUT2D eigenvalue weighted by molar-refractivity contribution is -0.128. The molecule has 1 aromatic heterocycles. The second-order valence-electron chi connectivity index (χ2n) is 5.88. The summed E-state index contributed by atoms with van der Waals surface area (Å²) in [5, 5.41) is 2.97. The van der Waals surface area contributed by atoms with Crippen molar-refractivity contribution >= 4 is 11.8 Å². The van der Waals surface area contributed by atoms with Gasteiger partial charge in [0, 0.05) is 39.0 Å². The summed E-state index contributed by atoms with van der Waals surface area (Å²) in [5.74, 6) is -0.368. The van der Waals surface area contributed by atoms with Crippen LogP contribution in [0.4, 0.5) is 0 Å². The van der Waals surface area contributed by atoms with Crippen molar-refractivity contribution < 1.29 is 9.59 Å². The number of nitrogens with one attached hydrogen (secondary N) is 1. The molecule has 2 aromatic rings. The van der Waals surface area contributed by atoms with Crippen molar-refractivity contribution in [1.82, 2.24) is 14.8 Å². The van der Waals surface area contributed by atoms with Crippen LogP contribution < -0.4 is 5.32 Å². The monoisotopic (exact) mass is 311 g/mol. The zero-order valence-corrected chi connectivity index (χ0v) is 13.2. The van der Waals surface area contributed by atoms with E-state index in [2.05, 4.69) is 5.32 Å². The number of rotatable bonds is 5. The number of aromatic nitrogens is 1. The number of likely N-dealkylation sites (tertiary alicyclic amines) is 1. The van der Waals surface area contributed by atoms with E-state index in [9.17, 15) is 9.59 Å². The molecule has 0 radical (unpaired) electrons. The Bertz CT molecular complexity index is 667. The summed E-state index contributed by atoms with van der Waals surface area (Å²) in [6.07, 6.45) is 4.20. The maximum Gasteiger partial charge on any atom is 0.226 e. The van der Waals surface area contributed by atoms with Crippen molar-refractivity contribution in [3.8, 4) is 0 Å². The molecule has 0 saturated carbocycles. The molecule has 2 atom stereocenters. The lowest BCUT2D eigenvalue weighted by atomic mass is 9.93. The van der Waals surface area contributed by atoms with E-state index in [0.717, 1.165) is 12.1 Å². The maximum absolute atomic E-state index is 12.5. The van der Waals surface area contributed by atoms with Crippen molar-refractivity contribution in [2.75, 3.05) is 13.6 Å². The minimum absolute atomic E-state index is 0.0180. The standard InChI is InChI=1S/C18H21N3O2/c1-20-16(22)13-15(17(20)14-7-3-2-4-8-14)18(23)19-9-12-21-10-5-6-11-21/h2-8,10-11,15,17H,9,12-13H2,1H3,(H,19,23)/t15-,17+/m0/s1. The Morgan fingerprint density at radius 3 is 2.57 bits per heavy atom. The molecule has 1 aliphatic heterocycles. The SMILES string of the molecule is CN1C(=O)C[C@H](C(=O)NCCn2cccc2)[C@H]1c1ccccc1. The third-order valence-electron chi connectivity index (χ3n) is 4.40. The topological polar surface area (TPSA) is 54.3 Å². The molecule has 1 fully saturated rings. The zero-order valence-electron chi connectivity index (χ0n) is 13.2. The molecular formula is C18H21N3O2. The summed E-state index contributed by atoms with van der Waals surface area (Å²) < 4.78 is 2.01. The fourth-order valence-electron chi connectivity index (χ4n) is 3.17. The van der Waals surface area contributed by atoms with Crippen LogP contribution in [0.5, 0.6) is 0 Å². The normalized spacial score (nSPS) is 20.7. The van der Waals surface area contributed by atoms with Gasteiger partial charge in [0.1, 0.15) is 0 Å². The number of benzene rings is 1. The summed E-state index contributed by atoms with van der Waals surface area (Å²) in [5.41, 5.74) is 1.01. The van der Waals surface area contributed by atoms with Crippen molar-refractivity contribution in [3.05, 3.63) is 60.4 Å². The molecule has 5 nitrogen and oxygen atoms in total. The van der Waals surface area contributed by atoms with Gasteiger partial charge in [0.15, 0.2) is 0 Å². The van der Waals surface area contributed by atoms with E-state index < -0.39 is 0 Å². The van der Waals surface area contributed by atoms with Gasteiger partial charge in [0.05, 0.1) is 12.0 Å². The average Bonchev–Trinajstić information content (AvgIpc) is 3.17. The van der Waals surface area contributed by atoms with E-state index >= 15 is 0 Å². The largest absolute Gasteiger partial charge is 0.354 e. The van der Waals surface area contributed by atoms with Crippen LogP contribution in [0.15, 0.2) is 54.9 Å². The van der Waals surface area contributed by atoms with Crippen LogP contribution in [0.3, 0.4) is 0 Å². The summed E-state index contributed by atoms with van der Waals surface area (Å²) in [4.78, 5) is 26.3. The van der Waals surface area contributed by atoms with Gasteiger partial charge in [-0.05, 0) is 17.7 Å². The predicted molar refractivity (Wildman–Crippen MR) is 87.5 cm³/mol. The Kier molecular flexibility index (Phi) is 4.46. The summed E-state index contributed by atoms with van der Waals surface area (Å²) in [6, 6.07) is 13.5. The first kappa shape index (κ1) is 15.3. The van der Waals surface area contributed by atoms with E-state index in [1.807, 2.05) is 59.4 Å². The molecule has 0 unspecified atom stereocenters. The molecule has 0 bridgehead atoms. The molecular weight excluding hydrogens is 290 g/mol. The van der Waals surface area contributed by atoms with Crippen LogP contribution in [-0.4, -0.2) is 34.9 Å². The molecule has 1 aliphatic rings. The van der Waals surface area contributed by atoms with Crippen LogP contribution in [0.1, 0.15) is 18.0 Å². The molecule has 0 aliphatic carbocycles. The summed E-state index contributed by atoms with van der Waals surface area (Å²) >= 11 is 0. The number of carbonyl (C=O) groups is 2. The minimum Gasteiger partial charge on any atom is -0.354 e. The average molecular weight is 311 g/mol. The lowest BCUT2D eigenvalue weighted by Gasteiger charge is -2.25. The number of amides is 2. The molecule has 1 saturated heterocycles. The van der Waals surface area contributed by atoms with E-state index in [1.54, 1.807) is 11.9 Å². The van der Waals surface area contributed by atoms with Gasteiger partial charge in [0.25, 0.3) is 0 Å². The highest BCUT2D eigenvalue weighted by molar-refractivity contribution is 5.90. The van der Waals surface area contributed by atoms with Gasteiger partial charge in [-0.1, -0.05) is 30.3 Å². The van der Waals surface area contributed by atoms with Crippen molar-refractivity contribution in [2.45, 2.75) is 19.0 Å². The van der Waals surface area contributed by atoms with Gasteiger partial charge in [-0.2, -0.15) is 0 Å². The van der Waals surface area contributed by atoms with Crippen LogP contribution in [0.25, 0.3) is 0 Å². The fraction of sp³-hybridized carbons (Fsp3) is 0.333. The quantitative estimate of drug-likeness (QED) is 0.916. The molecule has 5 heteroatoms. The molecule has 120 valence electrons. The van der Waals surface area contributed by atoms with E-state index in [-0.39, 0.29) is 30.2 Å². The van der Waals surface area contributed by atoms with Crippen molar-refractivity contribution in [1.29, 1.82) is 0 Å². The lowest BCUT2D eigenvalue weighted by Crippen LogP contribution is -2.36. The smallest absolute Gasteiger partial charge is 0.226 e. The van der Waals surface area contributed by atoms with Gasteiger partial charge in [-0.25, -0.2) is 0 Å². The summed E-state index contributed by atoms with van der Waals surface area (Å²) in [7, 11) is 1.77. The third-order valence-corrected chi connectivity index (χ3v) is 4.40. The highest BCUT2D eigenvalue weighted by Crippen LogP contribution is 2.36. The predicted octanol–water partition coefficient (Wildman–Crippen LogP) is 1.82. The van der Waals surface area contributed by atoms with Crippen molar-refractivity contribution in [3.63, 3.8) is 0 Å². The molecule has 0 spiro atoms. The Hall–Kier alpha value is -2.56. The molecule has 2 amide bonds. The van der Waals surface area contributed by atoms with E-state index in [1.165, 1.54) is 0 Å². The fourth-order valence-corrected chi connectivity index (χ4v) is 3.17. The Morgan fingerprint density at radius 1 is 1.17 bits per heavy atom. The molecule has 2 heterocycles. The highest BCUT2D eigenvalue weighted by Gasteiger charge is 2.42. The molecule has 1 N–H and O–H groups in total. The van der Waals surface area contributed by atoms with E-state index in [4.69, 9.17) is 0 Å². The summed E-state index contributed by atoms with van der Waals surface area (Å²) in [6.45, 7) is 1.29. The molecule has 23 heavy (non-hydrogen) atoms. The number of carbonyl (C=O) groups excluding carboxylic acids is 2. The van der Waals surface area contributed by atoms with Crippen LogP contribution in [0, 0.1) is 5.92 Å². The highest BCUT2D eigenvalue weighted by atomic mass is 16.2. The van der Waals surface area contributed by atoms with Crippen LogP contribution >= 0.6 is 0 Å². The second kappa shape index (κ2) is 6.69. The van der Waals surface area contributed by atoms with Gasteiger partial charge in [-0.3, -0.25) is 9.59 Å². The van der Waals surface area contributed by atoms with Crippen molar-refractivity contribution in [2.24, 2.45) is 5.92 Å². The van der Waals surface area contributed by atoms with Crippen LogP contribution in [-0.2, 0) is 16.1 Å². The Morgan fingerprint density at radius 2 is 1.87 bits per heavy atom. The minimum atomic E-state index is -0.334. The molecule has 1 aromatic carbocycles. The first-order chi connectivity index (χ1) is 11.2. The Labute approximate surface area is 135 Å². The maximum atomic E-state index is 12.5. The van der Waals surface area contributed by atoms with Gasteiger partial charge in [-0.15, -0.1) is 0 Å². The first-order valence-electron chi connectivity index (χ1n) is 7.86. The number of hydrogen-bond donors (Lipinski definition) is 1. The second-order valence-corrected chi connectivity index (χ2v) is 5.88. The molecule has 3 rings (SSSR count). The Balaban J connectivity index is 1.66. The van der Waals surface area contributed by atoms with Gasteiger partial charge in [0.2, 0.25) is 11.8 Å². The van der Waals surface area contributed by atoms with Crippen LogP contribution in [0.2, 0.25) is 0 Å². The van der Waals surface area contributed by atoms with Gasteiger partial charge < -0.3 is 14.8 Å².